The molecule has 21 heavy (non-hydrogen) atoms. The number of hydrogen-bond donors (Lipinski definition) is 1. The van der Waals surface area contributed by atoms with Crippen LogP contribution in [0.15, 0.2) is 66.7 Å². The molecule has 2 amide bonds. The first kappa shape index (κ1) is 14.5. The van der Waals surface area contributed by atoms with Crippen molar-refractivity contribution in [3.05, 3.63) is 72.3 Å². The lowest BCUT2D eigenvalue weighted by Crippen LogP contribution is -2.37. The van der Waals surface area contributed by atoms with Gasteiger partial charge in [0.25, 0.3) is 5.91 Å². The molecule has 0 aliphatic rings. The molecule has 0 fully saturated rings. The van der Waals surface area contributed by atoms with Crippen molar-refractivity contribution in [2.24, 2.45) is 5.73 Å². The third kappa shape index (κ3) is 4.31. The molecule has 0 saturated heterocycles. The second kappa shape index (κ2) is 7.05. The highest BCUT2D eigenvalue weighted by molar-refractivity contribution is 6.06. The molecule has 0 aliphatic heterocycles. The maximum absolute atomic E-state index is 12.3. The number of carbonyl (C=O) groups excluding carboxylic acids is 2. The van der Waals surface area contributed by atoms with Crippen LogP contribution in [0.3, 0.4) is 0 Å². The third-order valence-electron chi connectivity index (χ3n) is 2.87. The number of hydrogen-bond acceptors (Lipinski definition) is 2. The zero-order chi connectivity index (χ0) is 15.1. The number of carbonyl (C=O) groups is 2. The fourth-order valence-electron chi connectivity index (χ4n) is 1.88. The fourth-order valence-corrected chi connectivity index (χ4v) is 1.88. The van der Waals surface area contributed by atoms with E-state index in [4.69, 9.17) is 5.73 Å². The van der Waals surface area contributed by atoms with Crippen molar-refractivity contribution in [1.29, 1.82) is 0 Å². The molecule has 2 rings (SSSR count). The summed E-state index contributed by atoms with van der Waals surface area (Å²) in [5, 5.41) is 0. The smallest absolute Gasteiger partial charge is 0.251 e. The Balaban J connectivity index is 2.19. The first-order valence-electron chi connectivity index (χ1n) is 6.55. The normalized spacial score (nSPS) is 10.5. The van der Waals surface area contributed by atoms with Crippen molar-refractivity contribution in [2.45, 2.75) is 0 Å². The predicted molar refractivity (Wildman–Crippen MR) is 83.5 cm³/mol. The molecule has 0 unspecified atom stereocenters. The summed E-state index contributed by atoms with van der Waals surface area (Å²) >= 11 is 0. The van der Waals surface area contributed by atoms with Gasteiger partial charge in [0.1, 0.15) is 6.54 Å². The van der Waals surface area contributed by atoms with E-state index >= 15 is 0 Å². The number of benzene rings is 2. The van der Waals surface area contributed by atoms with Gasteiger partial charge in [-0.25, -0.2) is 0 Å². The average molecular weight is 280 g/mol. The molecule has 0 spiro atoms. The molecule has 0 radical (unpaired) electrons. The lowest BCUT2D eigenvalue weighted by molar-refractivity contribution is -0.120. The monoisotopic (exact) mass is 280 g/mol. The molecular weight excluding hydrogens is 264 g/mol. The first-order valence-corrected chi connectivity index (χ1v) is 6.55. The standard InChI is InChI=1S/C17H16N2O2/c18-16(20)13-19(15-9-5-2-6-10-15)17(21)12-11-14-7-3-1-4-8-14/h1-12H,13H2,(H2,18,20)/b12-11+. The van der Waals surface area contributed by atoms with Crippen LogP contribution in [-0.2, 0) is 9.59 Å². The maximum Gasteiger partial charge on any atom is 0.251 e. The van der Waals surface area contributed by atoms with Crippen LogP contribution in [-0.4, -0.2) is 18.4 Å². The van der Waals surface area contributed by atoms with Crippen molar-refractivity contribution in [2.75, 3.05) is 11.4 Å². The van der Waals surface area contributed by atoms with Crippen molar-refractivity contribution in [3.8, 4) is 0 Å². The molecule has 2 aromatic rings. The van der Waals surface area contributed by atoms with E-state index in [0.717, 1.165) is 5.56 Å². The SMILES string of the molecule is NC(=O)CN(C(=O)/C=C/c1ccccc1)c1ccccc1. The molecule has 0 bridgehead atoms. The summed E-state index contributed by atoms with van der Waals surface area (Å²) in [6.45, 7) is -0.151. The van der Waals surface area contributed by atoms with Gasteiger partial charge in [-0.2, -0.15) is 0 Å². The van der Waals surface area contributed by atoms with Gasteiger partial charge >= 0.3 is 0 Å². The Labute approximate surface area is 123 Å². The molecule has 4 nitrogen and oxygen atoms in total. The van der Waals surface area contributed by atoms with E-state index in [9.17, 15) is 9.59 Å². The van der Waals surface area contributed by atoms with Crippen LogP contribution < -0.4 is 10.6 Å². The topological polar surface area (TPSA) is 63.4 Å². The number of anilines is 1. The Kier molecular flexibility index (Phi) is 4.88. The van der Waals surface area contributed by atoms with Crippen molar-refractivity contribution < 1.29 is 9.59 Å². The second-order valence-electron chi connectivity index (χ2n) is 4.47. The fraction of sp³-hybridized carbons (Fsp3) is 0.0588. The zero-order valence-corrected chi connectivity index (χ0v) is 11.5. The van der Waals surface area contributed by atoms with E-state index in [2.05, 4.69) is 0 Å². The minimum atomic E-state index is -0.555. The van der Waals surface area contributed by atoms with Crippen LogP contribution in [0.25, 0.3) is 6.08 Å². The van der Waals surface area contributed by atoms with E-state index in [-0.39, 0.29) is 12.5 Å². The highest BCUT2D eigenvalue weighted by Gasteiger charge is 2.15. The Hall–Kier alpha value is -2.88. The van der Waals surface area contributed by atoms with Gasteiger partial charge in [0.2, 0.25) is 5.91 Å². The second-order valence-corrected chi connectivity index (χ2v) is 4.47. The van der Waals surface area contributed by atoms with Crippen LogP contribution in [0.4, 0.5) is 5.69 Å². The lowest BCUT2D eigenvalue weighted by atomic mass is 10.2. The largest absolute Gasteiger partial charge is 0.368 e. The minimum Gasteiger partial charge on any atom is -0.368 e. The Morgan fingerprint density at radius 3 is 2.10 bits per heavy atom. The van der Waals surface area contributed by atoms with Crippen molar-refractivity contribution >= 4 is 23.6 Å². The number of amides is 2. The Morgan fingerprint density at radius 1 is 0.952 bits per heavy atom. The molecule has 106 valence electrons. The number of primary amides is 1. The summed E-state index contributed by atoms with van der Waals surface area (Å²) in [5.74, 6) is -0.843. The van der Waals surface area contributed by atoms with E-state index in [1.165, 1.54) is 11.0 Å². The lowest BCUT2D eigenvalue weighted by Gasteiger charge is -2.19. The third-order valence-corrected chi connectivity index (χ3v) is 2.87. The molecule has 2 aromatic carbocycles. The van der Waals surface area contributed by atoms with Crippen molar-refractivity contribution in [1.82, 2.24) is 0 Å². The van der Waals surface area contributed by atoms with Crippen LogP contribution in [0.2, 0.25) is 0 Å². The molecular formula is C17H16N2O2. The summed E-state index contributed by atoms with van der Waals surface area (Å²) in [4.78, 5) is 24.8. The molecule has 0 aromatic heterocycles. The molecule has 0 heterocycles. The summed E-state index contributed by atoms with van der Waals surface area (Å²) in [7, 11) is 0. The number of rotatable bonds is 5. The van der Waals surface area contributed by atoms with Gasteiger partial charge < -0.3 is 5.73 Å². The number of nitrogens with zero attached hydrogens (tertiary/aromatic N) is 1. The van der Waals surface area contributed by atoms with Gasteiger partial charge in [-0.05, 0) is 23.8 Å². The van der Waals surface area contributed by atoms with Gasteiger partial charge in [0.15, 0.2) is 0 Å². The molecule has 2 N–H and O–H groups in total. The number of nitrogens with two attached hydrogens (primary N) is 1. The summed E-state index contributed by atoms with van der Waals surface area (Å²) < 4.78 is 0. The Bertz CT molecular complexity index is 636. The minimum absolute atomic E-state index is 0.151. The van der Waals surface area contributed by atoms with Gasteiger partial charge in [0.05, 0.1) is 0 Å². The van der Waals surface area contributed by atoms with Gasteiger partial charge in [-0.3, -0.25) is 14.5 Å². The molecule has 4 heteroatoms. The van der Waals surface area contributed by atoms with Gasteiger partial charge in [-0.15, -0.1) is 0 Å². The summed E-state index contributed by atoms with van der Waals surface area (Å²) in [6.07, 6.45) is 3.14. The van der Waals surface area contributed by atoms with E-state index in [1.807, 2.05) is 36.4 Å². The molecule has 0 aliphatic carbocycles. The van der Waals surface area contributed by atoms with E-state index < -0.39 is 5.91 Å². The zero-order valence-electron chi connectivity index (χ0n) is 11.5. The Morgan fingerprint density at radius 2 is 1.52 bits per heavy atom. The average Bonchev–Trinajstić information content (AvgIpc) is 2.52. The number of para-hydroxylation sites is 1. The predicted octanol–water partition coefficient (Wildman–Crippen LogP) is 2.22. The van der Waals surface area contributed by atoms with E-state index in [0.29, 0.717) is 5.69 Å². The van der Waals surface area contributed by atoms with Crippen LogP contribution >= 0.6 is 0 Å². The van der Waals surface area contributed by atoms with Crippen LogP contribution in [0.5, 0.6) is 0 Å². The summed E-state index contributed by atoms with van der Waals surface area (Å²) in [6, 6.07) is 18.4. The van der Waals surface area contributed by atoms with Gasteiger partial charge in [-0.1, -0.05) is 48.5 Å². The highest BCUT2D eigenvalue weighted by Crippen LogP contribution is 2.14. The van der Waals surface area contributed by atoms with Crippen LogP contribution in [0.1, 0.15) is 5.56 Å². The quantitative estimate of drug-likeness (QED) is 0.853. The maximum atomic E-state index is 12.3. The molecule has 0 atom stereocenters. The van der Waals surface area contributed by atoms with Gasteiger partial charge in [0, 0.05) is 11.8 Å². The van der Waals surface area contributed by atoms with E-state index in [1.54, 1.807) is 30.3 Å². The first-order chi connectivity index (χ1) is 10.2. The highest BCUT2D eigenvalue weighted by atomic mass is 16.2. The summed E-state index contributed by atoms with van der Waals surface area (Å²) in [5.41, 5.74) is 6.77. The molecule has 0 saturated carbocycles. The van der Waals surface area contributed by atoms with Crippen LogP contribution in [0, 0.1) is 0 Å². The van der Waals surface area contributed by atoms with Crippen molar-refractivity contribution in [3.63, 3.8) is 0 Å².